The predicted octanol–water partition coefficient (Wildman–Crippen LogP) is 2.43. The molecule has 20 heavy (non-hydrogen) atoms. The summed E-state index contributed by atoms with van der Waals surface area (Å²) in [5, 5.41) is 9.53. The van der Waals surface area contributed by atoms with Gasteiger partial charge in [-0.2, -0.15) is 4.72 Å². The van der Waals surface area contributed by atoms with Gasteiger partial charge in [-0.3, -0.25) is 4.79 Å². The van der Waals surface area contributed by atoms with Crippen molar-refractivity contribution in [1.82, 2.24) is 4.72 Å². The van der Waals surface area contributed by atoms with Gasteiger partial charge in [0.25, 0.3) is 0 Å². The van der Waals surface area contributed by atoms with E-state index in [1.165, 1.54) is 18.2 Å². The van der Waals surface area contributed by atoms with Crippen LogP contribution in [0.1, 0.15) is 25.8 Å². The minimum absolute atomic E-state index is 0.0388. The van der Waals surface area contributed by atoms with Crippen LogP contribution in [0, 0.1) is 12.8 Å². The highest BCUT2D eigenvalue weighted by atomic mass is 35.5. The first-order chi connectivity index (χ1) is 9.13. The standard InChI is InChI=1S/C13H18ClNO4S/c1-8(2)6-11(13(16)17)15-20(18,19)12-5-4-10(14)7-9(12)3/h4-5,7-8,11,15H,6H2,1-3H3,(H,16,17)/t11-/m1/s1. The van der Waals surface area contributed by atoms with Gasteiger partial charge in [0.1, 0.15) is 6.04 Å². The third kappa shape index (κ3) is 4.47. The summed E-state index contributed by atoms with van der Waals surface area (Å²) in [6.45, 7) is 5.27. The van der Waals surface area contributed by atoms with Crippen molar-refractivity contribution in [3.8, 4) is 0 Å². The number of halogens is 1. The number of carboxylic acid groups (broad SMARTS) is 1. The fourth-order valence-electron chi connectivity index (χ4n) is 1.84. The zero-order valence-corrected chi connectivity index (χ0v) is 13.1. The topological polar surface area (TPSA) is 83.5 Å². The summed E-state index contributed by atoms with van der Waals surface area (Å²) in [4.78, 5) is 11.2. The Morgan fingerprint density at radius 1 is 1.40 bits per heavy atom. The van der Waals surface area contributed by atoms with Gasteiger partial charge in [0.2, 0.25) is 10.0 Å². The second kappa shape index (κ2) is 6.56. The minimum Gasteiger partial charge on any atom is -0.480 e. The number of sulfonamides is 1. The van der Waals surface area contributed by atoms with Crippen LogP contribution in [0.15, 0.2) is 23.1 Å². The molecule has 0 aliphatic carbocycles. The van der Waals surface area contributed by atoms with E-state index in [9.17, 15) is 13.2 Å². The quantitative estimate of drug-likeness (QED) is 0.843. The van der Waals surface area contributed by atoms with E-state index in [1.807, 2.05) is 13.8 Å². The van der Waals surface area contributed by atoms with E-state index >= 15 is 0 Å². The molecule has 1 rings (SSSR count). The lowest BCUT2D eigenvalue weighted by Crippen LogP contribution is -2.41. The lowest BCUT2D eigenvalue weighted by atomic mass is 10.1. The van der Waals surface area contributed by atoms with E-state index in [1.54, 1.807) is 6.92 Å². The fraction of sp³-hybridized carbons (Fsp3) is 0.462. The summed E-state index contributed by atoms with van der Waals surface area (Å²) in [6.07, 6.45) is 0.223. The summed E-state index contributed by atoms with van der Waals surface area (Å²) in [5.74, 6) is -1.13. The molecule has 0 aromatic heterocycles. The molecule has 1 atom stereocenters. The second-order valence-electron chi connectivity index (χ2n) is 5.05. The number of carboxylic acids is 1. The van der Waals surface area contributed by atoms with Crippen molar-refractivity contribution < 1.29 is 18.3 Å². The molecule has 112 valence electrons. The molecule has 0 saturated carbocycles. The summed E-state index contributed by atoms with van der Waals surface area (Å²) >= 11 is 5.78. The number of benzene rings is 1. The molecule has 0 spiro atoms. The first kappa shape index (κ1) is 16.9. The molecule has 0 saturated heterocycles. The molecule has 2 N–H and O–H groups in total. The van der Waals surface area contributed by atoms with E-state index in [4.69, 9.17) is 16.7 Å². The van der Waals surface area contributed by atoms with E-state index in [0.29, 0.717) is 10.6 Å². The van der Waals surface area contributed by atoms with E-state index < -0.39 is 22.0 Å². The highest BCUT2D eigenvalue weighted by Gasteiger charge is 2.27. The molecular formula is C13H18ClNO4S. The maximum absolute atomic E-state index is 12.2. The first-order valence-electron chi connectivity index (χ1n) is 6.14. The molecule has 0 unspecified atom stereocenters. The third-order valence-electron chi connectivity index (χ3n) is 2.73. The van der Waals surface area contributed by atoms with Crippen molar-refractivity contribution in [3.63, 3.8) is 0 Å². The number of rotatable bonds is 6. The predicted molar refractivity (Wildman–Crippen MR) is 77.4 cm³/mol. The van der Waals surface area contributed by atoms with Crippen LogP contribution in [0.5, 0.6) is 0 Å². The Kier molecular flexibility index (Phi) is 5.56. The van der Waals surface area contributed by atoms with Gasteiger partial charge in [0, 0.05) is 5.02 Å². The zero-order chi connectivity index (χ0) is 15.5. The summed E-state index contributed by atoms with van der Waals surface area (Å²) in [6, 6.07) is 3.21. The van der Waals surface area contributed by atoms with E-state index in [0.717, 1.165) is 0 Å². The molecule has 7 heteroatoms. The van der Waals surface area contributed by atoms with E-state index in [2.05, 4.69) is 4.72 Å². The van der Waals surface area contributed by atoms with Gasteiger partial charge >= 0.3 is 5.97 Å². The van der Waals surface area contributed by atoms with Crippen molar-refractivity contribution in [1.29, 1.82) is 0 Å². The Bertz CT molecular complexity index is 598. The van der Waals surface area contributed by atoms with Crippen LogP contribution in [-0.4, -0.2) is 25.5 Å². The van der Waals surface area contributed by atoms with Gasteiger partial charge in [0.05, 0.1) is 4.90 Å². The Balaban J connectivity index is 3.06. The van der Waals surface area contributed by atoms with Gasteiger partial charge < -0.3 is 5.11 Å². The number of aryl methyl sites for hydroxylation is 1. The molecule has 0 amide bonds. The molecular weight excluding hydrogens is 302 g/mol. The molecule has 5 nitrogen and oxygen atoms in total. The average molecular weight is 320 g/mol. The third-order valence-corrected chi connectivity index (χ3v) is 4.60. The first-order valence-corrected chi connectivity index (χ1v) is 8.01. The molecule has 0 bridgehead atoms. The number of nitrogens with one attached hydrogen (secondary N) is 1. The Hall–Kier alpha value is -1.11. The fourth-order valence-corrected chi connectivity index (χ4v) is 3.49. The number of aliphatic carboxylic acids is 1. The molecule has 0 aliphatic rings. The van der Waals surface area contributed by atoms with Gasteiger partial charge in [-0.15, -0.1) is 0 Å². The largest absolute Gasteiger partial charge is 0.480 e. The molecule has 1 aromatic rings. The van der Waals surface area contributed by atoms with E-state index in [-0.39, 0.29) is 17.2 Å². The molecule has 0 heterocycles. The molecule has 1 aromatic carbocycles. The summed E-state index contributed by atoms with van der Waals surface area (Å²) in [7, 11) is -3.89. The molecule has 0 fully saturated rings. The van der Waals surface area contributed by atoms with Crippen LogP contribution in [0.4, 0.5) is 0 Å². The number of hydrogen-bond donors (Lipinski definition) is 2. The lowest BCUT2D eigenvalue weighted by molar-refractivity contribution is -0.139. The lowest BCUT2D eigenvalue weighted by Gasteiger charge is -2.17. The van der Waals surface area contributed by atoms with Crippen molar-refractivity contribution >= 4 is 27.6 Å². The number of hydrogen-bond acceptors (Lipinski definition) is 3. The van der Waals surface area contributed by atoms with Crippen LogP contribution in [0.2, 0.25) is 5.02 Å². The van der Waals surface area contributed by atoms with Crippen LogP contribution >= 0.6 is 11.6 Å². The smallest absolute Gasteiger partial charge is 0.321 e. The maximum atomic E-state index is 12.2. The van der Waals surface area contributed by atoms with Crippen LogP contribution in [0.3, 0.4) is 0 Å². The normalized spacial score (nSPS) is 13.4. The Morgan fingerprint density at radius 3 is 2.45 bits per heavy atom. The van der Waals surface area contributed by atoms with Gasteiger partial charge in [-0.05, 0) is 43.0 Å². The summed E-state index contributed by atoms with van der Waals surface area (Å²) < 4.78 is 26.7. The Labute approximate surface area is 124 Å². The second-order valence-corrected chi connectivity index (χ2v) is 7.17. The van der Waals surface area contributed by atoms with Crippen molar-refractivity contribution in [2.24, 2.45) is 5.92 Å². The summed E-state index contributed by atoms with van der Waals surface area (Å²) in [5.41, 5.74) is 0.471. The molecule has 0 radical (unpaired) electrons. The van der Waals surface area contributed by atoms with Crippen LogP contribution < -0.4 is 4.72 Å². The monoisotopic (exact) mass is 319 g/mol. The van der Waals surface area contributed by atoms with Gasteiger partial charge in [0.15, 0.2) is 0 Å². The van der Waals surface area contributed by atoms with Gasteiger partial charge in [-0.1, -0.05) is 25.4 Å². The highest BCUT2D eigenvalue weighted by Crippen LogP contribution is 2.20. The number of carbonyl (C=O) groups is 1. The van der Waals surface area contributed by atoms with Crippen molar-refractivity contribution in [2.75, 3.05) is 0 Å². The zero-order valence-electron chi connectivity index (χ0n) is 11.6. The maximum Gasteiger partial charge on any atom is 0.321 e. The Morgan fingerprint density at radius 2 is 2.00 bits per heavy atom. The average Bonchev–Trinajstić information content (AvgIpc) is 2.26. The van der Waals surface area contributed by atoms with Crippen molar-refractivity contribution in [2.45, 2.75) is 38.1 Å². The van der Waals surface area contributed by atoms with Crippen LogP contribution in [-0.2, 0) is 14.8 Å². The van der Waals surface area contributed by atoms with Crippen molar-refractivity contribution in [3.05, 3.63) is 28.8 Å². The van der Waals surface area contributed by atoms with Crippen LogP contribution in [0.25, 0.3) is 0 Å². The van der Waals surface area contributed by atoms with Gasteiger partial charge in [-0.25, -0.2) is 8.42 Å². The highest BCUT2D eigenvalue weighted by molar-refractivity contribution is 7.89. The SMILES string of the molecule is Cc1cc(Cl)ccc1S(=O)(=O)N[C@H](CC(C)C)C(=O)O. The molecule has 0 aliphatic heterocycles. The minimum atomic E-state index is -3.89.